The van der Waals surface area contributed by atoms with Gasteiger partial charge in [-0.25, -0.2) is 8.42 Å². The van der Waals surface area contributed by atoms with E-state index in [1.54, 1.807) is 30.5 Å². The molecule has 0 aliphatic heterocycles. The van der Waals surface area contributed by atoms with Gasteiger partial charge in [0.2, 0.25) is 0 Å². The Morgan fingerprint density at radius 1 is 1.14 bits per heavy atom. The molecule has 0 fully saturated rings. The Bertz CT molecular complexity index is 1060. The van der Waals surface area contributed by atoms with Crippen molar-refractivity contribution in [3.05, 3.63) is 65.0 Å². The number of aliphatic imine (C=N–C) groups is 1. The monoisotopic (exact) mass is 431 g/mol. The standard InChI is InChI=1S/C21H25N3O3S2/c1-22-21(23-12-11-15-7-9-17(10-8-15)29(2,26)27)24-14-18(25)20-13-16-5-3-4-6-19(16)28-20/h3-10,13,18,25H,11-12,14H2,1-2H3,(H2,22,23,24). The Kier molecular flexibility index (Phi) is 6.89. The van der Waals surface area contributed by atoms with Crippen LogP contribution in [0, 0.1) is 0 Å². The number of nitrogens with zero attached hydrogens (tertiary/aromatic N) is 1. The second-order valence-electron chi connectivity index (χ2n) is 6.75. The summed E-state index contributed by atoms with van der Waals surface area (Å²) < 4.78 is 24.2. The molecule has 0 aliphatic carbocycles. The van der Waals surface area contributed by atoms with Crippen molar-refractivity contribution in [2.75, 3.05) is 26.4 Å². The van der Waals surface area contributed by atoms with E-state index in [2.05, 4.69) is 15.6 Å². The summed E-state index contributed by atoms with van der Waals surface area (Å²) in [6, 6.07) is 17.0. The van der Waals surface area contributed by atoms with E-state index < -0.39 is 15.9 Å². The smallest absolute Gasteiger partial charge is 0.191 e. The van der Waals surface area contributed by atoms with Gasteiger partial charge in [0.1, 0.15) is 6.10 Å². The maximum atomic E-state index is 11.5. The molecule has 1 heterocycles. The molecule has 3 N–H and O–H groups in total. The number of hydrogen-bond acceptors (Lipinski definition) is 5. The summed E-state index contributed by atoms with van der Waals surface area (Å²) in [6.07, 6.45) is 1.31. The van der Waals surface area contributed by atoms with E-state index in [0.717, 1.165) is 26.9 Å². The van der Waals surface area contributed by atoms with E-state index in [0.29, 0.717) is 23.9 Å². The van der Waals surface area contributed by atoms with E-state index in [1.807, 2.05) is 42.5 Å². The van der Waals surface area contributed by atoms with Crippen molar-refractivity contribution in [3.8, 4) is 0 Å². The zero-order chi connectivity index (χ0) is 20.9. The summed E-state index contributed by atoms with van der Waals surface area (Å²) in [5.74, 6) is 0.609. The van der Waals surface area contributed by atoms with Gasteiger partial charge in [-0.1, -0.05) is 30.3 Å². The van der Waals surface area contributed by atoms with Crippen LogP contribution in [0.25, 0.3) is 10.1 Å². The summed E-state index contributed by atoms with van der Waals surface area (Å²) in [5.41, 5.74) is 1.03. The molecule has 0 aliphatic rings. The van der Waals surface area contributed by atoms with Crippen molar-refractivity contribution in [3.63, 3.8) is 0 Å². The minimum atomic E-state index is -3.17. The van der Waals surface area contributed by atoms with E-state index >= 15 is 0 Å². The fraction of sp³-hybridized carbons (Fsp3) is 0.286. The number of benzene rings is 2. The highest BCUT2D eigenvalue weighted by molar-refractivity contribution is 7.90. The van der Waals surface area contributed by atoms with Gasteiger partial charge in [-0.05, 0) is 41.6 Å². The number of nitrogens with one attached hydrogen (secondary N) is 2. The lowest BCUT2D eigenvalue weighted by Crippen LogP contribution is -2.40. The van der Waals surface area contributed by atoms with E-state index in [9.17, 15) is 13.5 Å². The zero-order valence-electron chi connectivity index (χ0n) is 16.4. The van der Waals surface area contributed by atoms with Crippen molar-refractivity contribution in [2.24, 2.45) is 4.99 Å². The van der Waals surface area contributed by atoms with Crippen LogP contribution in [0.3, 0.4) is 0 Å². The van der Waals surface area contributed by atoms with E-state index in [1.165, 1.54) is 6.26 Å². The molecular weight excluding hydrogens is 406 g/mol. The first-order valence-corrected chi connectivity index (χ1v) is 12.0. The molecule has 8 heteroatoms. The third-order valence-corrected chi connectivity index (χ3v) is 6.86. The minimum absolute atomic E-state index is 0.321. The highest BCUT2D eigenvalue weighted by Gasteiger charge is 2.12. The van der Waals surface area contributed by atoms with Crippen LogP contribution in [-0.2, 0) is 16.3 Å². The average Bonchev–Trinajstić information content (AvgIpc) is 3.14. The van der Waals surface area contributed by atoms with Gasteiger partial charge >= 0.3 is 0 Å². The van der Waals surface area contributed by atoms with Gasteiger partial charge < -0.3 is 15.7 Å². The van der Waals surface area contributed by atoms with Gasteiger partial charge in [0, 0.05) is 36.0 Å². The number of guanidine groups is 1. The first-order valence-electron chi connectivity index (χ1n) is 9.27. The number of aliphatic hydroxyl groups is 1. The van der Waals surface area contributed by atoms with Crippen LogP contribution in [0.5, 0.6) is 0 Å². The second kappa shape index (κ2) is 9.39. The fourth-order valence-electron chi connectivity index (χ4n) is 2.91. The lowest BCUT2D eigenvalue weighted by atomic mass is 10.1. The largest absolute Gasteiger partial charge is 0.386 e. The zero-order valence-corrected chi connectivity index (χ0v) is 18.1. The van der Waals surface area contributed by atoms with Crippen LogP contribution in [-0.4, -0.2) is 45.9 Å². The van der Waals surface area contributed by atoms with Gasteiger partial charge in [-0.2, -0.15) is 0 Å². The number of sulfone groups is 1. The van der Waals surface area contributed by atoms with E-state index in [-0.39, 0.29) is 0 Å². The topological polar surface area (TPSA) is 90.8 Å². The summed E-state index contributed by atoms with van der Waals surface area (Å²) in [7, 11) is -1.49. The van der Waals surface area contributed by atoms with Crippen molar-refractivity contribution >= 4 is 37.2 Å². The van der Waals surface area contributed by atoms with Crippen LogP contribution in [0.4, 0.5) is 0 Å². The Morgan fingerprint density at radius 2 is 1.86 bits per heavy atom. The van der Waals surface area contributed by atoms with Crippen molar-refractivity contribution in [2.45, 2.75) is 17.4 Å². The number of rotatable bonds is 7. The first-order chi connectivity index (χ1) is 13.9. The van der Waals surface area contributed by atoms with Crippen LogP contribution in [0.1, 0.15) is 16.5 Å². The Morgan fingerprint density at radius 3 is 2.52 bits per heavy atom. The second-order valence-corrected chi connectivity index (χ2v) is 9.88. The summed E-state index contributed by atoms with van der Waals surface area (Å²) in [6.45, 7) is 0.992. The predicted molar refractivity (Wildman–Crippen MR) is 119 cm³/mol. The lowest BCUT2D eigenvalue weighted by Gasteiger charge is -2.14. The lowest BCUT2D eigenvalue weighted by molar-refractivity contribution is 0.184. The van der Waals surface area contributed by atoms with Gasteiger partial charge in [0.25, 0.3) is 0 Å². The molecule has 0 saturated carbocycles. The van der Waals surface area contributed by atoms with Gasteiger partial charge in [-0.15, -0.1) is 11.3 Å². The van der Waals surface area contributed by atoms with Crippen molar-refractivity contribution in [1.82, 2.24) is 10.6 Å². The molecule has 0 saturated heterocycles. The Hall–Kier alpha value is -2.42. The maximum Gasteiger partial charge on any atom is 0.191 e. The quantitative estimate of drug-likeness (QED) is 0.395. The molecule has 3 rings (SSSR count). The molecule has 2 aromatic carbocycles. The molecule has 0 amide bonds. The molecular formula is C21H25N3O3S2. The maximum absolute atomic E-state index is 11.5. The number of fused-ring (bicyclic) bond motifs is 1. The molecule has 0 spiro atoms. The van der Waals surface area contributed by atoms with Gasteiger partial charge in [0.05, 0.1) is 4.90 Å². The van der Waals surface area contributed by atoms with Gasteiger partial charge in [-0.3, -0.25) is 4.99 Å². The molecule has 0 radical (unpaired) electrons. The first kappa shape index (κ1) is 21.3. The van der Waals surface area contributed by atoms with Crippen LogP contribution < -0.4 is 10.6 Å². The highest BCUT2D eigenvalue weighted by atomic mass is 32.2. The molecule has 154 valence electrons. The van der Waals surface area contributed by atoms with Crippen LogP contribution in [0.2, 0.25) is 0 Å². The summed E-state index contributed by atoms with van der Waals surface area (Å²) >= 11 is 1.59. The third-order valence-electron chi connectivity index (χ3n) is 4.52. The molecule has 3 aromatic rings. The van der Waals surface area contributed by atoms with E-state index in [4.69, 9.17) is 0 Å². The number of aliphatic hydroxyl groups excluding tert-OH is 1. The summed E-state index contributed by atoms with van der Waals surface area (Å²) in [4.78, 5) is 5.42. The van der Waals surface area contributed by atoms with Crippen LogP contribution >= 0.6 is 11.3 Å². The molecule has 1 aromatic heterocycles. The third kappa shape index (κ3) is 5.79. The number of thiophene rings is 1. The SMILES string of the molecule is CN=C(NCCc1ccc(S(C)(=O)=O)cc1)NCC(O)c1cc2ccccc2s1. The molecule has 0 bridgehead atoms. The fourth-order valence-corrected chi connectivity index (χ4v) is 4.59. The summed E-state index contributed by atoms with van der Waals surface area (Å²) in [5, 5.41) is 18.0. The van der Waals surface area contributed by atoms with Crippen molar-refractivity contribution in [1.29, 1.82) is 0 Å². The normalized spacial score (nSPS) is 13.4. The average molecular weight is 432 g/mol. The molecule has 6 nitrogen and oxygen atoms in total. The van der Waals surface area contributed by atoms with Crippen molar-refractivity contribution < 1.29 is 13.5 Å². The minimum Gasteiger partial charge on any atom is -0.386 e. The molecule has 29 heavy (non-hydrogen) atoms. The van der Waals surface area contributed by atoms with Gasteiger partial charge in [0.15, 0.2) is 15.8 Å². The highest BCUT2D eigenvalue weighted by Crippen LogP contribution is 2.29. The number of hydrogen-bond donors (Lipinski definition) is 3. The predicted octanol–water partition coefficient (Wildman–Crippen LogP) is 2.75. The Labute approximate surface area is 175 Å². The molecule has 1 unspecified atom stereocenters. The molecule has 1 atom stereocenters. The van der Waals surface area contributed by atoms with Crippen LogP contribution in [0.15, 0.2) is 64.5 Å². The Balaban J connectivity index is 1.48.